The van der Waals surface area contributed by atoms with Crippen LogP contribution in [0.5, 0.6) is 0 Å². The van der Waals surface area contributed by atoms with Gasteiger partial charge < -0.3 is 60.0 Å². The number of benzene rings is 1. The summed E-state index contributed by atoms with van der Waals surface area (Å²) < 4.78 is 22.9. The highest BCUT2D eigenvalue weighted by molar-refractivity contribution is 6.01. The average molecular weight is 960 g/mol. The Balaban J connectivity index is 2.89. The molecule has 22 nitrogen and oxygen atoms in total. The molecule has 1 saturated heterocycles. The van der Waals surface area contributed by atoms with Crippen LogP contribution in [-0.2, 0) is 73.3 Å². The van der Waals surface area contributed by atoms with Gasteiger partial charge in [-0.2, -0.15) is 0 Å². The molecule has 11 atom stereocenters. The van der Waals surface area contributed by atoms with E-state index >= 15 is 0 Å². The highest BCUT2D eigenvalue weighted by atomic mass is 16.6. The number of amides is 7. The lowest BCUT2D eigenvalue weighted by Crippen LogP contribution is -2.63. The van der Waals surface area contributed by atoms with Gasteiger partial charge in [0.1, 0.15) is 36.0 Å². The van der Waals surface area contributed by atoms with Crippen molar-refractivity contribution in [1.29, 1.82) is 0 Å². The molecule has 378 valence electrons. The van der Waals surface area contributed by atoms with Crippen LogP contribution in [-0.4, -0.2) is 174 Å². The third-order valence-electron chi connectivity index (χ3n) is 11.5. The van der Waals surface area contributed by atoms with Crippen molar-refractivity contribution in [2.24, 2.45) is 11.8 Å². The van der Waals surface area contributed by atoms with Gasteiger partial charge in [-0.3, -0.25) is 33.6 Å². The standard InChI is InChI=1S/C46H69N7O15/c1-22(2)37(56)34(49-30(11)55)45(63)68-38(23(3)4)35-43(61)53(14)36(28(9)65-15)46(64)66-27(8)33(48-29(10)54)44(62)67-32(21-31-19-17-16-18-20-31)42(60)52(13)25(6)39(57)47-24(5)41(59)51(12)26(7)40(58)50-35/h16-20,22-24,26-28,32-38,56H,6,21H2,1-5,7-15H3,(H,47,57)(H,48,54)(H,49,55)(H,50,58)/t24-,26-,27+,28+,32+,33-,34-,35-,36-,37+,38+/m0/s1. The third-order valence-corrected chi connectivity index (χ3v) is 11.5. The van der Waals surface area contributed by atoms with Gasteiger partial charge in [-0.05, 0) is 45.1 Å². The van der Waals surface area contributed by atoms with E-state index in [0.717, 1.165) is 28.5 Å². The summed E-state index contributed by atoms with van der Waals surface area (Å²) in [7, 11) is 4.83. The summed E-state index contributed by atoms with van der Waals surface area (Å²) >= 11 is 0. The van der Waals surface area contributed by atoms with E-state index in [1.165, 1.54) is 55.9 Å². The second kappa shape index (κ2) is 25.6. The van der Waals surface area contributed by atoms with Crippen LogP contribution in [0.15, 0.2) is 42.6 Å². The van der Waals surface area contributed by atoms with Gasteiger partial charge in [0.15, 0.2) is 24.2 Å². The topological polar surface area (TPSA) is 286 Å². The van der Waals surface area contributed by atoms with Crippen molar-refractivity contribution in [3.63, 3.8) is 0 Å². The Kier molecular flexibility index (Phi) is 21.8. The molecule has 0 aliphatic carbocycles. The number of hydrogen-bond acceptors (Lipinski definition) is 15. The first-order valence-electron chi connectivity index (χ1n) is 22.1. The summed E-state index contributed by atoms with van der Waals surface area (Å²) in [4.78, 5) is 140. The van der Waals surface area contributed by atoms with Crippen LogP contribution < -0.4 is 21.3 Å². The normalized spacial score (nSPS) is 25.2. The largest absolute Gasteiger partial charge is 0.458 e. The number of aliphatic hydroxyl groups excluding tert-OH is 1. The smallest absolute Gasteiger partial charge is 0.333 e. The molecule has 2 rings (SSSR count). The summed E-state index contributed by atoms with van der Waals surface area (Å²) in [5, 5.41) is 20.7. The summed E-state index contributed by atoms with van der Waals surface area (Å²) in [6.45, 7) is 17.5. The van der Waals surface area contributed by atoms with Crippen molar-refractivity contribution >= 4 is 59.3 Å². The Morgan fingerprint density at radius 3 is 1.91 bits per heavy atom. The van der Waals surface area contributed by atoms with E-state index in [1.807, 2.05) is 0 Å². The van der Waals surface area contributed by atoms with E-state index < -0.39 is 144 Å². The van der Waals surface area contributed by atoms with E-state index in [1.54, 1.807) is 58.0 Å². The van der Waals surface area contributed by atoms with Crippen molar-refractivity contribution in [3.05, 3.63) is 48.2 Å². The second-order valence-corrected chi connectivity index (χ2v) is 17.5. The maximum absolute atomic E-state index is 14.9. The molecule has 1 fully saturated rings. The second-order valence-electron chi connectivity index (χ2n) is 17.5. The molecule has 1 aromatic rings. The molecule has 0 radical (unpaired) electrons. The number of likely N-dealkylation sites (N-methyl/N-ethyl adjacent to an activating group) is 3. The number of ether oxygens (including phenoxy) is 4. The van der Waals surface area contributed by atoms with Crippen molar-refractivity contribution in [2.75, 3.05) is 28.3 Å². The first kappa shape index (κ1) is 57.7. The Labute approximate surface area is 397 Å². The van der Waals surface area contributed by atoms with Gasteiger partial charge in [-0.25, -0.2) is 14.4 Å². The van der Waals surface area contributed by atoms with E-state index in [2.05, 4.69) is 27.8 Å². The number of nitrogens with one attached hydrogen (secondary N) is 4. The first-order chi connectivity index (χ1) is 31.6. The molecular formula is C46H69N7O15. The number of rotatable bonds is 12. The average Bonchev–Trinajstić information content (AvgIpc) is 3.27. The molecule has 1 aromatic carbocycles. The van der Waals surface area contributed by atoms with Crippen molar-refractivity contribution in [2.45, 2.75) is 142 Å². The van der Waals surface area contributed by atoms with Crippen LogP contribution in [0.3, 0.4) is 0 Å². The molecule has 0 bridgehead atoms. The first-order valence-corrected chi connectivity index (χ1v) is 22.1. The van der Waals surface area contributed by atoms with Gasteiger partial charge in [0.05, 0.1) is 12.2 Å². The third kappa shape index (κ3) is 15.3. The van der Waals surface area contributed by atoms with Crippen LogP contribution in [0, 0.1) is 11.8 Å². The van der Waals surface area contributed by atoms with Crippen molar-refractivity contribution in [3.8, 4) is 0 Å². The molecule has 22 heteroatoms. The monoisotopic (exact) mass is 959 g/mol. The predicted octanol–water partition coefficient (Wildman–Crippen LogP) is -0.649. The molecule has 68 heavy (non-hydrogen) atoms. The zero-order valence-corrected chi connectivity index (χ0v) is 41.3. The van der Waals surface area contributed by atoms with Crippen LogP contribution in [0.4, 0.5) is 0 Å². The van der Waals surface area contributed by atoms with Gasteiger partial charge in [0.25, 0.3) is 11.8 Å². The number of nitrogens with zero attached hydrogens (tertiary/aromatic N) is 3. The number of hydrogen-bond donors (Lipinski definition) is 5. The van der Waals surface area contributed by atoms with Gasteiger partial charge in [0, 0.05) is 48.5 Å². The molecule has 0 spiro atoms. The van der Waals surface area contributed by atoms with Crippen LogP contribution in [0.1, 0.15) is 74.8 Å². The zero-order chi connectivity index (χ0) is 52.1. The highest BCUT2D eigenvalue weighted by Gasteiger charge is 2.46. The molecule has 1 aliphatic heterocycles. The minimum Gasteiger partial charge on any atom is -0.458 e. The predicted molar refractivity (Wildman–Crippen MR) is 243 cm³/mol. The fraction of sp³-hybridized carbons (Fsp3) is 0.609. The van der Waals surface area contributed by atoms with Crippen LogP contribution in [0.2, 0.25) is 0 Å². The molecule has 1 aliphatic rings. The molecule has 0 aromatic heterocycles. The molecule has 0 unspecified atom stereocenters. The summed E-state index contributed by atoms with van der Waals surface area (Å²) in [6.07, 6.45) is -7.68. The molecule has 5 N–H and O–H groups in total. The summed E-state index contributed by atoms with van der Waals surface area (Å²) in [6, 6.07) is -1.31. The lowest BCUT2D eigenvalue weighted by molar-refractivity contribution is -0.174. The van der Waals surface area contributed by atoms with E-state index in [4.69, 9.17) is 18.9 Å². The minimum atomic E-state index is -1.86. The lowest BCUT2D eigenvalue weighted by atomic mass is 9.95. The van der Waals surface area contributed by atoms with E-state index in [0.29, 0.717) is 5.56 Å². The SMILES string of the molecule is C=C1C(=O)N[C@@H](C)C(=O)N(C)[C@@H](C)C(=O)N[C@@H]([C@H](OC(=O)[C@@H](NC(C)=O)[C@H](O)C(C)C)C(C)C)C(=O)N(C)[C@@H]([C@@H](C)OC)C(=O)O[C@H](C)[C@H](NC(C)=O)C(=O)O[C@H](Cc2ccccc2)C(=O)N1C. The Morgan fingerprint density at radius 2 is 1.40 bits per heavy atom. The van der Waals surface area contributed by atoms with Crippen LogP contribution >= 0.6 is 0 Å². The fourth-order valence-electron chi connectivity index (χ4n) is 7.04. The Bertz CT molecular complexity index is 2030. The van der Waals surface area contributed by atoms with Gasteiger partial charge in [-0.15, -0.1) is 0 Å². The molecular weight excluding hydrogens is 891 g/mol. The summed E-state index contributed by atoms with van der Waals surface area (Å²) in [5.74, 6) is -11.2. The lowest BCUT2D eigenvalue weighted by Gasteiger charge is -2.38. The van der Waals surface area contributed by atoms with Crippen molar-refractivity contribution in [1.82, 2.24) is 36.0 Å². The quantitative estimate of drug-likeness (QED) is 0.0989. The maximum atomic E-state index is 14.9. The number of esters is 3. The molecule has 1 heterocycles. The number of carbonyl (C=O) groups excluding carboxylic acids is 10. The van der Waals surface area contributed by atoms with Crippen LogP contribution in [0.25, 0.3) is 0 Å². The number of aliphatic hydroxyl groups is 1. The fourth-order valence-corrected chi connectivity index (χ4v) is 7.04. The van der Waals surface area contributed by atoms with Gasteiger partial charge in [-0.1, -0.05) is 64.6 Å². The number of cyclic esters (lactones) is 2. The Morgan fingerprint density at radius 1 is 0.809 bits per heavy atom. The highest BCUT2D eigenvalue weighted by Crippen LogP contribution is 2.22. The molecule has 0 saturated carbocycles. The maximum Gasteiger partial charge on any atom is 0.333 e. The minimum absolute atomic E-state index is 0.231. The van der Waals surface area contributed by atoms with Gasteiger partial charge in [0.2, 0.25) is 29.5 Å². The number of methoxy groups -OCH3 is 1. The number of carbonyl (C=O) groups is 10. The Hall–Kier alpha value is -6.42. The zero-order valence-electron chi connectivity index (χ0n) is 41.3. The van der Waals surface area contributed by atoms with Crippen molar-refractivity contribution < 1.29 is 72.0 Å². The summed E-state index contributed by atoms with van der Waals surface area (Å²) in [5.41, 5.74) is 0.0526. The molecule has 7 amide bonds. The van der Waals surface area contributed by atoms with E-state index in [9.17, 15) is 53.1 Å². The van der Waals surface area contributed by atoms with Gasteiger partial charge >= 0.3 is 17.9 Å². The van der Waals surface area contributed by atoms with E-state index in [-0.39, 0.29) is 6.42 Å².